The number of aromatic amines is 1. The first-order valence-electron chi connectivity index (χ1n) is 8.06. The molecule has 0 bridgehead atoms. The van der Waals surface area contributed by atoms with Crippen LogP contribution in [-0.2, 0) is 6.54 Å². The highest BCUT2D eigenvalue weighted by molar-refractivity contribution is 6.31. The minimum Gasteiger partial charge on any atom is -0.361 e. The first-order chi connectivity index (χ1) is 11.1. The van der Waals surface area contributed by atoms with E-state index in [0.29, 0.717) is 6.04 Å². The fraction of sp³-hybridized carbons (Fsp3) is 0.389. The van der Waals surface area contributed by atoms with Gasteiger partial charge in [-0.25, -0.2) is 0 Å². The highest BCUT2D eigenvalue weighted by Gasteiger charge is 2.29. The summed E-state index contributed by atoms with van der Waals surface area (Å²) >= 11 is 6.13. The van der Waals surface area contributed by atoms with Crippen LogP contribution in [-0.4, -0.2) is 21.6 Å². The lowest BCUT2D eigenvalue weighted by Crippen LogP contribution is -2.23. The zero-order valence-corrected chi connectivity index (χ0v) is 14.2. The SMILES string of the molecule is Cc1cc(C2CCCN2Cc2[nH]c3ccc(Cl)cc3c2C)no1. The van der Waals surface area contributed by atoms with Gasteiger partial charge in [0.05, 0.1) is 6.04 Å². The number of hydrogen-bond acceptors (Lipinski definition) is 3. The molecule has 0 radical (unpaired) electrons. The molecular weight excluding hydrogens is 310 g/mol. The summed E-state index contributed by atoms with van der Waals surface area (Å²) in [6, 6.07) is 8.42. The second kappa shape index (κ2) is 5.69. The largest absolute Gasteiger partial charge is 0.361 e. The second-order valence-corrected chi connectivity index (χ2v) is 6.85. The first-order valence-corrected chi connectivity index (χ1v) is 8.43. The number of rotatable bonds is 3. The van der Waals surface area contributed by atoms with Crippen molar-refractivity contribution in [3.63, 3.8) is 0 Å². The summed E-state index contributed by atoms with van der Waals surface area (Å²) in [7, 11) is 0. The highest BCUT2D eigenvalue weighted by atomic mass is 35.5. The molecule has 3 aromatic rings. The third-order valence-electron chi connectivity index (χ3n) is 4.84. The minimum absolute atomic E-state index is 0.349. The van der Waals surface area contributed by atoms with Crippen LogP contribution in [0.2, 0.25) is 5.02 Å². The number of benzene rings is 1. The maximum Gasteiger partial charge on any atom is 0.133 e. The Labute approximate surface area is 140 Å². The maximum atomic E-state index is 6.13. The van der Waals surface area contributed by atoms with E-state index in [1.807, 2.05) is 19.1 Å². The average Bonchev–Trinajstić information content (AvgIpc) is 3.22. The summed E-state index contributed by atoms with van der Waals surface area (Å²) < 4.78 is 5.26. The summed E-state index contributed by atoms with van der Waals surface area (Å²) in [4.78, 5) is 6.03. The number of fused-ring (bicyclic) bond motifs is 1. The standard InChI is InChI=1S/C18H20ClN3O/c1-11-8-16(21-23-11)18-4-3-7-22(18)10-17-12(2)14-9-13(19)5-6-15(14)20-17/h5-6,8-9,18,20H,3-4,7,10H2,1-2H3. The average molecular weight is 330 g/mol. The van der Waals surface area contributed by atoms with Crippen LogP contribution in [0.25, 0.3) is 10.9 Å². The Kier molecular flexibility index (Phi) is 3.66. The predicted molar refractivity (Wildman–Crippen MR) is 91.7 cm³/mol. The third kappa shape index (κ3) is 2.66. The van der Waals surface area contributed by atoms with Crippen LogP contribution < -0.4 is 0 Å². The summed E-state index contributed by atoms with van der Waals surface area (Å²) in [6.07, 6.45) is 2.33. The van der Waals surface area contributed by atoms with E-state index in [1.54, 1.807) is 0 Å². The molecule has 0 amide bonds. The van der Waals surface area contributed by atoms with E-state index >= 15 is 0 Å². The van der Waals surface area contributed by atoms with Gasteiger partial charge in [-0.1, -0.05) is 16.8 Å². The molecule has 0 spiro atoms. The molecule has 3 heterocycles. The lowest BCUT2D eigenvalue weighted by molar-refractivity contribution is 0.234. The van der Waals surface area contributed by atoms with E-state index in [1.165, 1.54) is 23.1 Å². The summed E-state index contributed by atoms with van der Waals surface area (Å²) in [5, 5.41) is 6.21. The van der Waals surface area contributed by atoms with Crippen molar-refractivity contribution >= 4 is 22.5 Å². The molecule has 1 aliphatic heterocycles. The van der Waals surface area contributed by atoms with Gasteiger partial charge in [-0.3, -0.25) is 4.90 Å². The third-order valence-corrected chi connectivity index (χ3v) is 5.07. The number of aromatic nitrogens is 2. The van der Waals surface area contributed by atoms with Crippen molar-refractivity contribution in [2.45, 2.75) is 39.3 Å². The number of nitrogens with zero attached hydrogens (tertiary/aromatic N) is 2. The van der Waals surface area contributed by atoms with Gasteiger partial charge in [0.25, 0.3) is 0 Å². The number of halogens is 1. The van der Waals surface area contributed by atoms with Gasteiger partial charge in [-0.2, -0.15) is 0 Å². The minimum atomic E-state index is 0.349. The Morgan fingerprint density at radius 2 is 2.22 bits per heavy atom. The number of hydrogen-bond donors (Lipinski definition) is 1. The van der Waals surface area contributed by atoms with E-state index in [0.717, 1.165) is 41.5 Å². The van der Waals surface area contributed by atoms with Crippen molar-refractivity contribution in [1.29, 1.82) is 0 Å². The van der Waals surface area contributed by atoms with Crippen LogP contribution in [0, 0.1) is 13.8 Å². The lowest BCUT2D eigenvalue weighted by Gasteiger charge is -2.22. The van der Waals surface area contributed by atoms with Crippen molar-refractivity contribution in [2.75, 3.05) is 6.54 Å². The Morgan fingerprint density at radius 3 is 3.00 bits per heavy atom. The molecule has 1 aliphatic rings. The van der Waals surface area contributed by atoms with Crippen molar-refractivity contribution in [3.05, 3.63) is 52.0 Å². The van der Waals surface area contributed by atoms with Crippen LogP contribution in [0.15, 0.2) is 28.8 Å². The van der Waals surface area contributed by atoms with E-state index in [4.69, 9.17) is 16.1 Å². The highest BCUT2D eigenvalue weighted by Crippen LogP contribution is 2.34. The molecule has 120 valence electrons. The molecular formula is C18H20ClN3O. The zero-order valence-electron chi connectivity index (χ0n) is 13.4. The van der Waals surface area contributed by atoms with Crippen molar-refractivity contribution in [2.24, 2.45) is 0 Å². The van der Waals surface area contributed by atoms with Crippen LogP contribution >= 0.6 is 11.6 Å². The molecule has 23 heavy (non-hydrogen) atoms. The van der Waals surface area contributed by atoms with Gasteiger partial charge in [-0.05, 0) is 57.0 Å². The van der Waals surface area contributed by atoms with Crippen LogP contribution in [0.5, 0.6) is 0 Å². The summed E-state index contributed by atoms with van der Waals surface area (Å²) in [6.45, 7) is 6.10. The molecule has 5 heteroatoms. The van der Waals surface area contributed by atoms with Crippen molar-refractivity contribution < 1.29 is 4.52 Å². The number of nitrogens with one attached hydrogen (secondary N) is 1. The number of likely N-dealkylation sites (tertiary alicyclic amines) is 1. The van der Waals surface area contributed by atoms with Crippen LogP contribution in [0.3, 0.4) is 0 Å². The van der Waals surface area contributed by atoms with Gasteiger partial charge in [0.2, 0.25) is 0 Å². The molecule has 1 saturated heterocycles. The topological polar surface area (TPSA) is 45.1 Å². The van der Waals surface area contributed by atoms with Gasteiger partial charge < -0.3 is 9.51 Å². The summed E-state index contributed by atoms with van der Waals surface area (Å²) in [5.41, 5.74) is 4.74. The molecule has 1 unspecified atom stereocenters. The summed E-state index contributed by atoms with van der Waals surface area (Å²) in [5.74, 6) is 0.878. The molecule has 4 nitrogen and oxygen atoms in total. The molecule has 1 atom stereocenters. The predicted octanol–water partition coefficient (Wildman–Crippen LogP) is 4.76. The zero-order chi connectivity index (χ0) is 16.0. The van der Waals surface area contributed by atoms with E-state index < -0.39 is 0 Å². The van der Waals surface area contributed by atoms with E-state index in [-0.39, 0.29) is 0 Å². The van der Waals surface area contributed by atoms with Crippen molar-refractivity contribution in [1.82, 2.24) is 15.0 Å². The normalized spacial score (nSPS) is 19.0. The fourth-order valence-corrected chi connectivity index (χ4v) is 3.78. The lowest BCUT2D eigenvalue weighted by atomic mass is 10.1. The van der Waals surface area contributed by atoms with Crippen LogP contribution in [0.4, 0.5) is 0 Å². The molecule has 0 aliphatic carbocycles. The Hall–Kier alpha value is -1.78. The molecule has 1 N–H and O–H groups in total. The van der Waals surface area contributed by atoms with Gasteiger partial charge in [0.1, 0.15) is 11.5 Å². The van der Waals surface area contributed by atoms with E-state index in [2.05, 4.69) is 34.1 Å². The molecule has 2 aromatic heterocycles. The Morgan fingerprint density at radius 1 is 1.35 bits per heavy atom. The Balaban J connectivity index is 1.63. The van der Waals surface area contributed by atoms with Gasteiger partial charge in [0, 0.05) is 34.2 Å². The molecule has 0 saturated carbocycles. The van der Waals surface area contributed by atoms with Crippen LogP contribution in [0.1, 0.15) is 41.6 Å². The van der Waals surface area contributed by atoms with Gasteiger partial charge >= 0.3 is 0 Å². The van der Waals surface area contributed by atoms with E-state index in [9.17, 15) is 0 Å². The van der Waals surface area contributed by atoms with Gasteiger partial charge in [-0.15, -0.1) is 0 Å². The number of H-pyrrole nitrogens is 1. The molecule has 1 fully saturated rings. The monoisotopic (exact) mass is 329 g/mol. The molecule has 4 rings (SSSR count). The first kappa shape index (κ1) is 14.8. The smallest absolute Gasteiger partial charge is 0.133 e. The van der Waals surface area contributed by atoms with Crippen molar-refractivity contribution in [3.8, 4) is 0 Å². The second-order valence-electron chi connectivity index (χ2n) is 6.41. The molecule has 1 aromatic carbocycles. The maximum absolute atomic E-state index is 6.13. The fourth-order valence-electron chi connectivity index (χ4n) is 3.61. The Bertz CT molecular complexity index is 851. The quantitative estimate of drug-likeness (QED) is 0.753. The number of aryl methyl sites for hydroxylation is 2. The van der Waals surface area contributed by atoms with Gasteiger partial charge in [0.15, 0.2) is 0 Å².